The van der Waals surface area contributed by atoms with Gasteiger partial charge in [-0.2, -0.15) is 4.31 Å². The maximum absolute atomic E-state index is 13.4. The topological polar surface area (TPSA) is 148 Å². The van der Waals surface area contributed by atoms with Crippen LogP contribution < -0.4 is 15.4 Å². The number of ketones is 1. The summed E-state index contributed by atoms with van der Waals surface area (Å²) in [4.78, 5) is 43.5. The molecule has 1 aliphatic rings. The summed E-state index contributed by atoms with van der Waals surface area (Å²) in [5.41, 5.74) is 0.161. The van der Waals surface area contributed by atoms with Crippen molar-refractivity contribution < 1.29 is 32.0 Å². The zero-order valence-corrected chi connectivity index (χ0v) is 23.8. The summed E-state index contributed by atoms with van der Waals surface area (Å²) < 4.78 is 38.0. The first-order valence-corrected chi connectivity index (χ1v) is 14.4. The number of amides is 2. The Bertz CT molecular complexity index is 1500. The summed E-state index contributed by atoms with van der Waals surface area (Å²) in [5, 5.41) is 6.05. The number of Topliss-reactive ketones (excluding diaryl/α,β-unsaturated/α-hetero) is 1. The minimum absolute atomic E-state index is 0.0378. The molecule has 1 fully saturated rings. The number of sulfonamides is 1. The second-order valence-corrected chi connectivity index (χ2v) is 12.9. The molecule has 214 valence electrons. The van der Waals surface area contributed by atoms with E-state index in [1.165, 1.54) is 12.3 Å². The number of fused-ring (bicyclic) bond motifs is 1. The number of hydrogen-bond acceptors (Lipinski definition) is 8. The van der Waals surface area contributed by atoms with Crippen molar-refractivity contribution in [2.75, 3.05) is 20.2 Å². The lowest BCUT2D eigenvalue weighted by molar-refractivity contribution is -0.129. The molecular formula is C28H34N4O7S. The predicted octanol–water partition coefficient (Wildman–Crippen LogP) is 2.91. The molecule has 1 aliphatic heterocycles. The largest absolute Gasteiger partial charge is 0.497 e. The zero-order valence-electron chi connectivity index (χ0n) is 23.0. The number of pyridine rings is 1. The van der Waals surface area contributed by atoms with E-state index in [-0.39, 0.29) is 35.7 Å². The number of nitrogens with one attached hydrogen (secondary N) is 2. The molecule has 2 atom stereocenters. The van der Waals surface area contributed by atoms with Crippen LogP contribution in [0.25, 0.3) is 11.0 Å². The number of methoxy groups -OCH3 is 1. The van der Waals surface area contributed by atoms with Crippen LogP contribution >= 0.6 is 0 Å². The first-order valence-electron chi connectivity index (χ1n) is 13.0. The Morgan fingerprint density at radius 1 is 1.20 bits per heavy atom. The second-order valence-electron chi connectivity index (χ2n) is 11.0. The van der Waals surface area contributed by atoms with E-state index in [2.05, 4.69) is 15.6 Å². The van der Waals surface area contributed by atoms with Crippen LogP contribution in [0.2, 0.25) is 0 Å². The average molecular weight is 571 g/mol. The number of ether oxygens (including phenoxy) is 1. The third-order valence-corrected chi connectivity index (χ3v) is 8.33. The van der Waals surface area contributed by atoms with E-state index in [1.54, 1.807) is 43.5 Å². The summed E-state index contributed by atoms with van der Waals surface area (Å²) in [6.07, 6.45) is 2.29. The molecule has 0 saturated carbocycles. The Balaban J connectivity index is 1.47. The highest BCUT2D eigenvalue weighted by atomic mass is 32.2. The molecule has 3 heterocycles. The summed E-state index contributed by atoms with van der Waals surface area (Å²) in [7, 11) is -2.42. The Morgan fingerprint density at radius 3 is 2.65 bits per heavy atom. The maximum atomic E-state index is 13.4. The Labute approximate surface area is 233 Å². The van der Waals surface area contributed by atoms with Crippen molar-refractivity contribution in [2.24, 2.45) is 5.41 Å². The van der Waals surface area contributed by atoms with Crippen LogP contribution in [0.5, 0.6) is 5.75 Å². The number of carbonyl (C=O) groups excluding carboxylic acids is 3. The van der Waals surface area contributed by atoms with Crippen LogP contribution in [0, 0.1) is 5.41 Å². The highest BCUT2D eigenvalue weighted by molar-refractivity contribution is 7.89. The minimum Gasteiger partial charge on any atom is -0.497 e. The van der Waals surface area contributed by atoms with E-state index < -0.39 is 39.7 Å². The highest BCUT2D eigenvalue weighted by Crippen LogP contribution is 2.26. The molecule has 2 amide bonds. The van der Waals surface area contributed by atoms with E-state index in [0.29, 0.717) is 29.6 Å². The summed E-state index contributed by atoms with van der Waals surface area (Å²) in [5.74, 6) is -0.877. The molecule has 1 saturated heterocycles. The van der Waals surface area contributed by atoms with Gasteiger partial charge in [0, 0.05) is 18.1 Å². The van der Waals surface area contributed by atoms with Crippen LogP contribution in [-0.2, 0) is 19.6 Å². The third-order valence-electron chi connectivity index (χ3n) is 6.57. The molecule has 40 heavy (non-hydrogen) atoms. The van der Waals surface area contributed by atoms with Gasteiger partial charge in [-0.15, -0.1) is 0 Å². The van der Waals surface area contributed by atoms with Crippen LogP contribution in [0.15, 0.2) is 58.1 Å². The summed E-state index contributed by atoms with van der Waals surface area (Å²) in [6.45, 7) is 5.54. The van der Waals surface area contributed by atoms with Gasteiger partial charge in [0.05, 0.1) is 19.7 Å². The van der Waals surface area contributed by atoms with Gasteiger partial charge in [-0.3, -0.25) is 14.4 Å². The van der Waals surface area contributed by atoms with Crippen molar-refractivity contribution >= 4 is 38.6 Å². The van der Waals surface area contributed by atoms with Crippen molar-refractivity contribution in [2.45, 2.75) is 57.1 Å². The number of nitrogens with zero attached hydrogens (tertiary/aromatic N) is 2. The molecule has 3 aromatic rings. The van der Waals surface area contributed by atoms with Crippen LogP contribution in [0.4, 0.5) is 0 Å². The number of hydrogen-bond donors (Lipinski definition) is 2. The van der Waals surface area contributed by atoms with Gasteiger partial charge in [-0.25, -0.2) is 13.4 Å². The van der Waals surface area contributed by atoms with Gasteiger partial charge in [-0.05, 0) is 61.1 Å². The van der Waals surface area contributed by atoms with Crippen LogP contribution in [0.1, 0.15) is 50.6 Å². The van der Waals surface area contributed by atoms with Crippen LogP contribution in [0.3, 0.4) is 0 Å². The smallest absolute Gasteiger partial charge is 0.287 e. The van der Waals surface area contributed by atoms with Crippen molar-refractivity contribution in [3.63, 3.8) is 0 Å². The van der Waals surface area contributed by atoms with Crippen molar-refractivity contribution in [1.29, 1.82) is 0 Å². The zero-order chi connectivity index (χ0) is 29.1. The second kappa shape index (κ2) is 11.8. The van der Waals surface area contributed by atoms with Crippen molar-refractivity contribution in [3.8, 4) is 5.75 Å². The lowest BCUT2D eigenvalue weighted by Crippen LogP contribution is -2.53. The van der Waals surface area contributed by atoms with Gasteiger partial charge >= 0.3 is 0 Å². The number of rotatable bonds is 8. The molecule has 0 unspecified atom stereocenters. The lowest BCUT2D eigenvalue weighted by Gasteiger charge is -2.27. The molecular weight excluding hydrogens is 536 g/mol. The molecule has 0 spiro atoms. The first-order chi connectivity index (χ1) is 18.9. The Morgan fingerprint density at radius 2 is 1.98 bits per heavy atom. The normalized spacial score (nSPS) is 17.7. The highest BCUT2D eigenvalue weighted by Gasteiger charge is 2.35. The molecule has 12 heteroatoms. The summed E-state index contributed by atoms with van der Waals surface area (Å²) >= 11 is 0. The third kappa shape index (κ3) is 6.86. The molecule has 0 aliphatic carbocycles. The number of carbonyl (C=O) groups is 3. The fraction of sp³-hybridized carbons (Fsp3) is 0.429. The van der Waals surface area contributed by atoms with E-state index in [0.717, 1.165) is 4.31 Å². The fourth-order valence-corrected chi connectivity index (χ4v) is 5.95. The van der Waals surface area contributed by atoms with Gasteiger partial charge in [0.25, 0.3) is 15.9 Å². The van der Waals surface area contributed by atoms with E-state index in [4.69, 9.17) is 9.15 Å². The molecule has 11 nitrogen and oxygen atoms in total. The minimum atomic E-state index is -3.96. The quantitative estimate of drug-likeness (QED) is 0.420. The number of aromatic nitrogens is 1. The average Bonchev–Trinajstić information content (AvgIpc) is 3.25. The number of benzene rings is 1. The molecule has 0 radical (unpaired) electrons. The Kier molecular flexibility index (Phi) is 8.59. The molecule has 4 rings (SSSR count). The monoisotopic (exact) mass is 570 g/mol. The first kappa shape index (κ1) is 29.2. The fourth-order valence-electron chi connectivity index (χ4n) is 4.57. The van der Waals surface area contributed by atoms with Crippen molar-refractivity contribution in [3.05, 3.63) is 54.4 Å². The van der Waals surface area contributed by atoms with Gasteiger partial charge in [0.1, 0.15) is 17.4 Å². The van der Waals surface area contributed by atoms with Gasteiger partial charge < -0.3 is 19.8 Å². The van der Waals surface area contributed by atoms with Gasteiger partial charge in [0.2, 0.25) is 5.91 Å². The molecule has 2 N–H and O–H groups in total. The van der Waals surface area contributed by atoms with E-state index in [1.807, 2.05) is 20.8 Å². The maximum Gasteiger partial charge on any atom is 0.287 e. The predicted molar refractivity (Wildman–Crippen MR) is 147 cm³/mol. The molecule has 0 bridgehead atoms. The van der Waals surface area contributed by atoms with Gasteiger partial charge in [-0.1, -0.05) is 26.8 Å². The van der Waals surface area contributed by atoms with Crippen LogP contribution in [-0.4, -0.2) is 67.6 Å². The van der Waals surface area contributed by atoms with Crippen molar-refractivity contribution in [1.82, 2.24) is 19.9 Å². The summed E-state index contributed by atoms with van der Waals surface area (Å²) in [6, 6.07) is 9.42. The molecule has 2 aromatic heterocycles. The van der Waals surface area contributed by atoms with E-state index in [9.17, 15) is 22.8 Å². The molecule has 1 aromatic carbocycles. The standard InChI is InChI=1S/C28H34N4O7S/c1-28(2,3)16-21(31-27(35)24-15-18-14-19(38-4)10-11-23(18)39-24)26(34)30-20-8-7-13-32(17-22(20)33)40(36,37)25-9-5-6-12-29-25/h5-6,9-12,14-15,20-21H,7-8,13,16-17H2,1-4H3,(H,30,34)(H,31,35)/t20-,21-/m0/s1. The van der Waals surface area contributed by atoms with Gasteiger partial charge in [0.15, 0.2) is 16.6 Å². The van der Waals surface area contributed by atoms with E-state index >= 15 is 0 Å². The lowest BCUT2D eigenvalue weighted by atomic mass is 9.87. The number of furan rings is 1. The SMILES string of the molecule is COc1ccc2oc(C(=O)N[C@@H](CC(C)(C)C)C(=O)N[C@H]3CCCN(S(=O)(=O)c4ccccn4)CC3=O)cc2c1. The Hall–Kier alpha value is -3.77.